The van der Waals surface area contributed by atoms with Crippen LogP contribution in [-0.4, -0.2) is 53.7 Å². The summed E-state index contributed by atoms with van der Waals surface area (Å²) in [5.74, 6) is -0.280. The number of aliphatic hydroxyl groups is 3. The largest absolute Gasteiger partial charge is 0.396 e. The molecule has 19 heavy (non-hydrogen) atoms. The molecule has 8 nitrogen and oxygen atoms in total. The standard InChI is InChI=1S/C11H15N5O3/c12-10-8-11(14-3-13-10)16(4-15-8)6-1-7(18)5(2-17)9(6)19/h3-7,9,17-19H,1-2H2,(H2,12,13,14)/t5-,6-,7+,9-/m1/s1. The molecule has 0 spiro atoms. The fourth-order valence-corrected chi connectivity index (χ4v) is 2.70. The smallest absolute Gasteiger partial charge is 0.165 e. The number of nitrogen functional groups attached to an aromatic ring is 1. The van der Waals surface area contributed by atoms with Crippen LogP contribution in [0.5, 0.6) is 0 Å². The van der Waals surface area contributed by atoms with Gasteiger partial charge in [-0.25, -0.2) is 15.0 Å². The summed E-state index contributed by atoms with van der Waals surface area (Å²) in [6.45, 7) is -0.261. The van der Waals surface area contributed by atoms with Crippen molar-refractivity contribution in [3.05, 3.63) is 12.7 Å². The van der Waals surface area contributed by atoms with Gasteiger partial charge in [0.2, 0.25) is 0 Å². The Morgan fingerprint density at radius 2 is 2.11 bits per heavy atom. The first-order chi connectivity index (χ1) is 9.13. The van der Waals surface area contributed by atoms with Crippen molar-refractivity contribution in [2.75, 3.05) is 12.3 Å². The summed E-state index contributed by atoms with van der Waals surface area (Å²) >= 11 is 0. The minimum absolute atomic E-state index is 0.261. The van der Waals surface area contributed by atoms with Gasteiger partial charge >= 0.3 is 0 Å². The summed E-state index contributed by atoms with van der Waals surface area (Å²) in [6.07, 6.45) is 1.59. The fourth-order valence-electron chi connectivity index (χ4n) is 2.70. The van der Waals surface area contributed by atoms with Gasteiger partial charge in [-0.2, -0.15) is 0 Å². The lowest BCUT2D eigenvalue weighted by atomic mass is 10.0. The average molecular weight is 265 g/mol. The number of rotatable bonds is 2. The van der Waals surface area contributed by atoms with Crippen LogP contribution in [0.3, 0.4) is 0 Å². The molecule has 1 aliphatic carbocycles. The van der Waals surface area contributed by atoms with Crippen LogP contribution in [0.1, 0.15) is 12.5 Å². The monoisotopic (exact) mass is 265 g/mol. The number of nitrogens with two attached hydrogens (primary N) is 1. The number of hydrogen-bond acceptors (Lipinski definition) is 7. The summed E-state index contributed by atoms with van der Waals surface area (Å²) in [6, 6.07) is -0.383. The highest BCUT2D eigenvalue weighted by Crippen LogP contribution is 2.36. The predicted octanol–water partition coefficient (Wildman–Crippen LogP) is -1.32. The number of imidazole rings is 1. The van der Waals surface area contributed by atoms with Crippen molar-refractivity contribution >= 4 is 17.0 Å². The first-order valence-corrected chi connectivity index (χ1v) is 6.03. The number of nitrogens with zero attached hydrogens (tertiary/aromatic N) is 4. The number of anilines is 1. The molecule has 3 rings (SSSR count). The second kappa shape index (κ2) is 4.41. The van der Waals surface area contributed by atoms with E-state index in [-0.39, 0.29) is 18.5 Å². The van der Waals surface area contributed by atoms with Crippen LogP contribution in [0.4, 0.5) is 5.82 Å². The van der Waals surface area contributed by atoms with E-state index in [0.29, 0.717) is 17.6 Å². The molecule has 2 heterocycles. The van der Waals surface area contributed by atoms with Gasteiger partial charge in [-0.15, -0.1) is 0 Å². The molecule has 1 saturated carbocycles. The molecule has 0 aliphatic heterocycles. The van der Waals surface area contributed by atoms with Gasteiger partial charge in [0, 0.05) is 5.92 Å². The minimum atomic E-state index is -0.853. The third-order valence-electron chi connectivity index (χ3n) is 3.77. The van der Waals surface area contributed by atoms with Crippen molar-refractivity contribution < 1.29 is 15.3 Å². The molecule has 0 unspecified atom stereocenters. The molecule has 1 aliphatic rings. The number of fused-ring (bicyclic) bond motifs is 1. The van der Waals surface area contributed by atoms with Gasteiger partial charge in [-0.3, -0.25) is 0 Å². The first-order valence-electron chi connectivity index (χ1n) is 6.03. The maximum Gasteiger partial charge on any atom is 0.165 e. The lowest BCUT2D eigenvalue weighted by Crippen LogP contribution is -2.29. The zero-order valence-corrected chi connectivity index (χ0v) is 10.1. The van der Waals surface area contributed by atoms with Crippen molar-refractivity contribution in [1.82, 2.24) is 19.5 Å². The van der Waals surface area contributed by atoms with E-state index in [1.165, 1.54) is 12.7 Å². The molecule has 5 N–H and O–H groups in total. The SMILES string of the molecule is Nc1ncnc2c1ncn2[C@@H]1C[C@H](O)[C@@H](CO)[C@H]1O. The molecule has 0 aromatic carbocycles. The van der Waals surface area contributed by atoms with E-state index in [0.717, 1.165) is 0 Å². The van der Waals surface area contributed by atoms with Gasteiger partial charge in [0.1, 0.15) is 11.8 Å². The summed E-state index contributed by atoms with van der Waals surface area (Å²) in [4.78, 5) is 12.1. The van der Waals surface area contributed by atoms with E-state index >= 15 is 0 Å². The highest BCUT2D eigenvalue weighted by molar-refractivity contribution is 5.81. The van der Waals surface area contributed by atoms with Crippen LogP contribution in [0, 0.1) is 5.92 Å². The van der Waals surface area contributed by atoms with E-state index in [1.807, 2.05) is 0 Å². The second-order valence-corrected chi connectivity index (χ2v) is 4.79. The Hall–Kier alpha value is -1.77. The topological polar surface area (TPSA) is 130 Å². The fraction of sp³-hybridized carbons (Fsp3) is 0.545. The lowest BCUT2D eigenvalue weighted by Gasteiger charge is -2.19. The molecule has 0 bridgehead atoms. The second-order valence-electron chi connectivity index (χ2n) is 4.79. The Labute approximate surface area is 108 Å². The number of aliphatic hydroxyl groups excluding tert-OH is 3. The zero-order chi connectivity index (χ0) is 13.6. The van der Waals surface area contributed by atoms with E-state index < -0.39 is 18.1 Å². The summed E-state index contributed by atoms with van der Waals surface area (Å²) in [5.41, 5.74) is 6.69. The highest BCUT2D eigenvalue weighted by Gasteiger charge is 2.42. The van der Waals surface area contributed by atoms with Crippen LogP contribution in [0.15, 0.2) is 12.7 Å². The molecule has 0 radical (unpaired) electrons. The molecule has 4 atom stereocenters. The van der Waals surface area contributed by atoms with Crippen molar-refractivity contribution in [3.63, 3.8) is 0 Å². The lowest BCUT2D eigenvalue weighted by molar-refractivity contribution is 0.0214. The molecule has 0 saturated heterocycles. The Kier molecular flexibility index (Phi) is 2.85. The summed E-state index contributed by atoms with van der Waals surface area (Å²) in [7, 11) is 0. The van der Waals surface area contributed by atoms with Gasteiger partial charge < -0.3 is 25.6 Å². The van der Waals surface area contributed by atoms with Crippen molar-refractivity contribution in [2.45, 2.75) is 24.7 Å². The predicted molar refractivity (Wildman–Crippen MR) is 66.0 cm³/mol. The van der Waals surface area contributed by atoms with Gasteiger partial charge in [0.15, 0.2) is 11.5 Å². The van der Waals surface area contributed by atoms with E-state index in [4.69, 9.17) is 5.73 Å². The van der Waals surface area contributed by atoms with Gasteiger partial charge in [-0.05, 0) is 6.42 Å². The molecular weight excluding hydrogens is 250 g/mol. The Balaban J connectivity index is 2.04. The molecule has 8 heteroatoms. The Morgan fingerprint density at radius 1 is 1.32 bits per heavy atom. The molecule has 1 fully saturated rings. The minimum Gasteiger partial charge on any atom is -0.396 e. The van der Waals surface area contributed by atoms with Crippen LogP contribution in [0.2, 0.25) is 0 Å². The third-order valence-corrected chi connectivity index (χ3v) is 3.77. The van der Waals surface area contributed by atoms with Crippen LogP contribution in [0.25, 0.3) is 11.2 Å². The molecule has 2 aromatic rings. The normalized spacial score (nSPS) is 31.1. The summed E-state index contributed by atoms with van der Waals surface area (Å²) < 4.78 is 1.68. The van der Waals surface area contributed by atoms with Crippen LogP contribution in [-0.2, 0) is 0 Å². The average Bonchev–Trinajstić information content (AvgIpc) is 2.92. The third kappa shape index (κ3) is 1.76. The van der Waals surface area contributed by atoms with E-state index in [9.17, 15) is 15.3 Å². The molecule has 0 amide bonds. The zero-order valence-electron chi connectivity index (χ0n) is 10.1. The van der Waals surface area contributed by atoms with Crippen LogP contribution < -0.4 is 5.73 Å². The highest BCUT2D eigenvalue weighted by atomic mass is 16.3. The van der Waals surface area contributed by atoms with Crippen molar-refractivity contribution in [2.24, 2.45) is 5.92 Å². The number of aromatic nitrogens is 4. The van der Waals surface area contributed by atoms with Crippen molar-refractivity contribution in [3.8, 4) is 0 Å². The van der Waals surface area contributed by atoms with Crippen molar-refractivity contribution in [1.29, 1.82) is 0 Å². The Morgan fingerprint density at radius 3 is 2.79 bits per heavy atom. The van der Waals surface area contributed by atoms with Gasteiger partial charge in [0.05, 0.1) is 31.2 Å². The first kappa shape index (κ1) is 12.3. The molecule has 102 valence electrons. The van der Waals surface area contributed by atoms with Gasteiger partial charge in [-0.1, -0.05) is 0 Å². The summed E-state index contributed by atoms with van der Waals surface area (Å²) in [5, 5.41) is 29.2. The number of hydrogen-bond donors (Lipinski definition) is 4. The maximum atomic E-state index is 10.2. The van der Waals surface area contributed by atoms with E-state index in [2.05, 4.69) is 15.0 Å². The quantitative estimate of drug-likeness (QED) is 0.530. The van der Waals surface area contributed by atoms with E-state index in [1.54, 1.807) is 4.57 Å². The van der Waals surface area contributed by atoms with Crippen LogP contribution >= 0.6 is 0 Å². The Bertz CT molecular complexity index is 601. The molecular formula is C11H15N5O3. The van der Waals surface area contributed by atoms with Gasteiger partial charge in [0.25, 0.3) is 0 Å². The maximum absolute atomic E-state index is 10.2. The molecule has 2 aromatic heterocycles.